The van der Waals surface area contributed by atoms with Gasteiger partial charge in [-0.05, 0) is 19.8 Å². The van der Waals surface area contributed by atoms with Crippen LogP contribution in [0.5, 0.6) is 0 Å². The van der Waals surface area contributed by atoms with Crippen molar-refractivity contribution < 1.29 is 27.7 Å². The van der Waals surface area contributed by atoms with Gasteiger partial charge in [0, 0.05) is 12.0 Å². The summed E-state index contributed by atoms with van der Waals surface area (Å²) >= 11 is 0. The highest BCUT2D eigenvalue weighted by molar-refractivity contribution is 7.48. The Kier molecular flexibility index (Phi) is 13.2. The normalized spacial score (nSPS) is 12.8. The van der Waals surface area contributed by atoms with E-state index in [-0.39, 0.29) is 18.8 Å². The maximum Gasteiger partial charge on any atom is 0.477 e. The van der Waals surface area contributed by atoms with Crippen LogP contribution in [-0.2, 0) is 27.7 Å². The number of rotatable bonds is 15. The van der Waals surface area contributed by atoms with Crippen molar-refractivity contribution >= 4 is 13.8 Å². The quantitative estimate of drug-likeness (QED) is 0.128. The lowest BCUT2D eigenvalue weighted by atomic mass is 10.3. The van der Waals surface area contributed by atoms with Gasteiger partial charge in [-0.2, -0.15) is 0 Å². The molecule has 0 radical (unpaired) electrons. The number of hydrogen-bond donors (Lipinski definition) is 0. The average Bonchev–Trinajstić information content (AvgIpc) is 2.55. The lowest BCUT2D eigenvalue weighted by Crippen LogP contribution is -2.21. The fourth-order valence-corrected chi connectivity index (χ4v) is 3.08. The van der Waals surface area contributed by atoms with Crippen molar-refractivity contribution in [2.24, 2.45) is 0 Å². The van der Waals surface area contributed by atoms with Gasteiger partial charge in [-0.15, -0.1) is 0 Å². The summed E-state index contributed by atoms with van der Waals surface area (Å²) in [4.78, 5) is 11.6. The highest BCUT2D eigenvalue weighted by atomic mass is 31.2. The summed E-state index contributed by atoms with van der Waals surface area (Å²) in [6, 6.07) is 0. The standard InChI is InChI=1S/C17H33O6P/c1-6-9-11-13-20-24(19,21-14-12-10-7-2)23-16(8-3)22-17(18)15(4)5/h16H,4,6-14H2,1-3,5H3. The average molecular weight is 364 g/mol. The molecule has 0 aromatic rings. The molecule has 0 aromatic carbocycles. The molecule has 0 aromatic heterocycles. The Hall–Kier alpha value is -0.680. The van der Waals surface area contributed by atoms with Gasteiger partial charge in [0.1, 0.15) is 0 Å². The van der Waals surface area contributed by atoms with E-state index in [1.165, 1.54) is 6.92 Å². The fourth-order valence-electron chi connectivity index (χ4n) is 1.70. The van der Waals surface area contributed by atoms with E-state index in [4.69, 9.17) is 18.3 Å². The molecule has 1 atom stereocenters. The van der Waals surface area contributed by atoms with Crippen LogP contribution < -0.4 is 0 Å². The van der Waals surface area contributed by atoms with Crippen LogP contribution in [0.4, 0.5) is 0 Å². The number of phosphoric ester groups is 1. The molecule has 0 fully saturated rings. The van der Waals surface area contributed by atoms with E-state index >= 15 is 0 Å². The molecule has 0 rings (SSSR count). The number of carbonyl (C=O) groups excluding carboxylic acids is 1. The van der Waals surface area contributed by atoms with Gasteiger partial charge < -0.3 is 4.74 Å². The number of phosphoric acid groups is 1. The van der Waals surface area contributed by atoms with Crippen molar-refractivity contribution in [3.05, 3.63) is 12.2 Å². The molecule has 0 heterocycles. The monoisotopic (exact) mass is 364 g/mol. The summed E-state index contributed by atoms with van der Waals surface area (Å²) in [7, 11) is -3.77. The second-order valence-electron chi connectivity index (χ2n) is 5.66. The van der Waals surface area contributed by atoms with Crippen LogP contribution in [0.3, 0.4) is 0 Å². The highest BCUT2D eigenvalue weighted by Gasteiger charge is 2.32. The smallest absolute Gasteiger partial charge is 0.432 e. The summed E-state index contributed by atoms with van der Waals surface area (Å²) in [5, 5.41) is 0. The highest BCUT2D eigenvalue weighted by Crippen LogP contribution is 2.51. The Balaban J connectivity index is 4.70. The second kappa shape index (κ2) is 13.6. The van der Waals surface area contributed by atoms with E-state index < -0.39 is 20.1 Å². The van der Waals surface area contributed by atoms with Gasteiger partial charge in [-0.25, -0.2) is 13.9 Å². The van der Waals surface area contributed by atoms with Gasteiger partial charge in [0.25, 0.3) is 0 Å². The molecule has 0 bridgehead atoms. The molecule has 6 nitrogen and oxygen atoms in total. The van der Waals surface area contributed by atoms with Crippen molar-refractivity contribution in [3.63, 3.8) is 0 Å². The largest absolute Gasteiger partial charge is 0.477 e. The minimum absolute atomic E-state index is 0.250. The van der Waals surface area contributed by atoms with Crippen LogP contribution in [0.2, 0.25) is 0 Å². The minimum atomic E-state index is -3.77. The van der Waals surface area contributed by atoms with Crippen molar-refractivity contribution in [1.82, 2.24) is 0 Å². The van der Waals surface area contributed by atoms with Gasteiger partial charge in [0.15, 0.2) is 0 Å². The molecule has 0 aliphatic heterocycles. The Bertz CT molecular complexity index is 394. The van der Waals surface area contributed by atoms with Gasteiger partial charge in [-0.3, -0.25) is 9.05 Å². The van der Waals surface area contributed by atoms with Gasteiger partial charge in [-0.1, -0.05) is 53.0 Å². The summed E-state index contributed by atoms with van der Waals surface area (Å²) in [5.74, 6) is -0.592. The molecule has 1 unspecified atom stereocenters. The lowest BCUT2D eigenvalue weighted by Gasteiger charge is -2.23. The van der Waals surface area contributed by atoms with Crippen molar-refractivity contribution in [3.8, 4) is 0 Å². The predicted octanol–water partition coefficient (Wildman–Crippen LogP) is 5.38. The van der Waals surface area contributed by atoms with Crippen LogP contribution in [0.25, 0.3) is 0 Å². The van der Waals surface area contributed by atoms with Crippen molar-refractivity contribution in [1.29, 1.82) is 0 Å². The first-order valence-corrected chi connectivity index (χ1v) is 10.3. The molecule has 0 amide bonds. The first kappa shape index (κ1) is 23.3. The molecule has 0 saturated heterocycles. The molecule has 0 aliphatic rings. The summed E-state index contributed by atoms with van der Waals surface area (Å²) < 4.78 is 34.1. The second-order valence-corrected chi connectivity index (χ2v) is 7.28. The van der Waals surface area contributed by atoms with Crippen LogP contribution in [0.15, 0.2) is 12.2 Å². The summed E-state index contributed by atoms with van der Waals surface area (Å²) in [6.07, 6.45) is 4.88. The molecule has 0 saturated carbocycles. The van der Waals surface area contributed by atoms with E-state index in [9.17, 15) is 9.36 Å². The third kappa shape index (κ3) is 11.0. The molecule has 0 aliphatic carbocycles. The number of ether oxygens (including phenoxy) is 1. The Morgan fingerprint density at radius 2 is 1.50 bits per heavy atom. The lowest BCUT2D eigenvalue weighted by molar-refractivity contribution is -0.161. The molecule has 0 spiro atoms. The number of esters is 1. The zero-order chi connectivity index (χ0) is 18.4. The fraction of sp³-hybridized carbons (Fsp3) is 0.824. The molecule has 142 valence electrons. The zero-order valence-corrected chi connectivity index (χ0v) is 16.4. The summed E-state index contributed by atoms with van der Waals surface area (Å²) in [5.41, 5.74) is 0.250. The van der Waals surface area contributed by atoms with E-state index in [2.05, 4.69) is 20.4 Å². The zero-order valence-electron chi connectivity index (χ0n) is 15.5. The Morgan fingerprint density at radius 1 is 1.00 bits per heavy atom. The predicted molar refractivity (Wildman–Crippen MR) is 94.6 cm³/mol. The van der Waals surface area contributed by atoms with Gasteiger partial charge in [0.2, 0.25) is 6.29 Å². The topological polar surface area (TPSA) is 71.1 Å². The van der Waals surface area contributed by atoms with Gasteiger partial charge in [0.05, 0.1) is 13.2 Å². The van der Waals surface area contributed by atoms with Gasteiger partial charge >= 0.3 is 13.8 Å². The van der Waals surface area contributed by atoms with Crippen LogP contribution >= 0.6 is 7.82 Å². The number of unbranched alkanes of at least 4 members (excludes halogenated alkanes) is 4. The van der Waals surface area contributed by atoms with E-state index in [0.717, 1.165) is 38.5 Å². The van der Waals surface area contributed by atoms with E-state index in [0.29, 0.717) is 6.42 Å². The molecule has 24 heavy (non-hydrogen) atoms. The summed E-state index contributed by atoms with van der Waals surface area (Å²) in [6.45, 7) is 11.5. The first-order valence-electron chi connectivity index (χ1n) is 8.82. The van der Waals surface area contributed by atoms with Crippen LogP contribution in [0, 0.1) is 0 Å². The maximum atomic E-state index is 12.8. The van der Waals surface area contributed by atoms with Crippen molar-refractivity contribution in [2.45, 2.75) is 78.9 Å². The SMILES string of the molecule is C=C(C)C(=O)OC(CC)OP(=O)(OCCCCC)OCCCCC. The van der Waals surface area contributed by atoms with E-state index in [1.54, 1.807) is 6.92 Å². The van der Waals surface area contributed by atoms with Crippen molar-refractivity contribution in [2.75, 3.05) is 13.2 Å². The first-order chi connectivity index (χ1) is 11.4. The molecule has 0 N–H and O–H groups in total. The number of hydrogen-bond acceptors (Lipinski definition) is 6. The number of carbonyl (C=O) groups is 1. The van der Waals surface area contributed by atoms with E-state index in [1.807, 2.05) is 0 Å². The Labute approximate surface area is 146 Å². The molecular weight excluding hydrogens is 331 g/mol. The third-order valence-electron chi connectivity index (χ3n) is 3.16. The molecule has 7 heteroatoms. The third-order valence-corrected chi connectivity index (χ3v) is 4.65. The minimum Gasteiger partial charge on any atom is -0.432 e. The molecular formula is C17H33O6P. The Morgan fingerprint density at radius 3 is 1.88 bits per heavy atom. The van der Waals surface area contributed by atoms with Crippen LogP contribution in [-0.4, -0.2) is 25.5 Å². The maximum absolute atomic E-state index is 12.8. The van der Waals surface area contributed by atoms with Crippen LogP contribution in [0.1, 0.15) is 72.6 Å².